The maximum Gasteiger partial charge on any atom is 0.434 e. The number of nitrogens with one attached hydrogen (secondary N) is 3. The number of hydrogen-bond acceptors (Lipinski definition) is 7. The number of carbonyl (C=O) groups is 2. The van der Waals surface area contributed by atoms with Crippen LogP contribution in [0.15, 0.2) is 46.8 Å². The summed E-state index contributed by atoms with van der Waals surface area (Å²) in [7, 11) is 0. The molecule has 1 atom stereocenters. The molecule has 5 rings (SSSR count). The fourth-order valence-electron chi connectivity index (χ4n) is 5.01. The molecule has 0 saturated carbocycles. The van der Waals surface area contributed by atoms with Crippen LogP contribution in [0.2, 0.25) is 0 Å². The number of rotatable bonds is 7. The molecule has 10 nitrogen and oxygen atoms in total. The Bertz CT molecular complexity index is 1710. The van der Waals surface area contributed by atoms with Gasteiger partial charge in [0.25, 0.3) is 0 Å². The van der Waals surface area contributed by atoms with E-state index in [1.165, 1.54) is 24.5 Å². The molecule has 1 fully saturated rings. The fraction of sp³-hybridized carbons (Fsp3) is 0.321. The van der Waals surface area contributed by atoms with Crippen molar-refractivity contribution in [3.05, 3.63) is 63.5 Å². The standard InChI is InChI=1S/C28H27F3N6O4S/c1-2-33-27(41)36-23-9-17(25-35-22(14-42-25)28(29,30)31)19(11-34-23)16-5-6-21-18(8-16)24(38)20(26(39)40)13-37(21)12-15-4-3-7-32-10-15/h5-6,8-9,11,13-15,32H,2-4,7,10,12H2,1H3,(H,39,40)(H2,33,34,36,41). The number of urea groups is 1. The number of halogens is 3. The number of piperidine rings is 1. The lowest BCUT2D eigenvalue weighted by Gasteiger charge is -2.25. The molecule has 2 amide bonds. The average molecular weight is 601 g/mol. The lowest BCUT2D eigenvalue weighted by molar-refractivity contribution is -0.140. The molecular formula is C28H27F3N6O4S. The predicted molar refractivity (Wildman–Crippen MR) is 153 cm³/mol. The maximum absolute atomic E-state index is 13.4. The molecule has 42 heavy (non-hydrogen) atoms. The number of aromatic carboxylic acids is 1. The van der Waals surface area contributed by atoms with Gasteiger partial charge in [0, 0.05) is 47.4 Å². The molecule has 3 aromatic heterocycles. The van der Waals surface area contributed by atoms with E-state index in [9.17, 15) is 32.7 Å². The minimum absolute atomic E-state index is 0.0280. The van der Waals surface area contributed by atoms with Crippen LogP contribution in [0.5, 0.6) is 0 Å². The molecule has 1 aliphatic heterocycles. The van der Waals surface area contributed by atoms with Crippen LogP contribution < -0.4 is 21.4 Å². The second-order valence-corrected chi connectivity index (χ2v) is 10.8. The van der Waals surface area contributed by atoms with Gasteiger partial charge >= 0.3 is 18.2 Å². The Morgan fingerprint density at radius 1 is 1.24 bits per heavy atom. The van der Waals surface area contributed by atoms with Crippen molar-refractivity contribution in [2.45, 2.75) is 32.5 Å². The van der Waals surface area contributed by atoms with Gasteiger partial charge in [-0.2, -0.15) is 13.2 Å². The highest BCUT2D eigenvalue weighted by molar-refractivity contribution is 7.13. The van der Waals surface area contributed by atoms with Crippen LogP contribution >= 0.6 is 11.3 Å². The number of hydrogen-bond donors (Lipinski definition) is 4. The Hall–Kier alpha value is -4.30. The van der Waals surface area contributed by atoms with E-state index in [2.05, 4.69) is 25.9 Å². The smallest absolute Gasteiger partial charge is 0.434 e. The zero-order valence-electron chi connectivity index (χ0n) is 22.4. The van der Waals surface area contributed by atoms with E-state index >= 15 is 0 Å². The van der Waals surface area contributed by atoms with Crippen LogP contribution in [0.25, 0.3) is 32.6 Å². The third-order valence-corrected chi connectivity index (χ3v) is 7.86. The van der Waals surface area contributed by atoms with Crippen molar-refractivity contribution in [2.75, 3.05) is 25.0 Å². The Labute approximate surface area is 241 Å². The number of anilines is 1. The van der Waals surface area contributed by atoms with Gasteiger partial charge in [-0.15, -0.1) is 11.3 Å². The summed E-state index contributed by atoms with van der Waals surface area (Å²) in [5.41, 5.74) is -0.550. The number of pyridine rings is 2. The quantitative estimate of drug-likeness (QED) is 0.233. The molecule has 4 aromatic rings. The third-order valence-electron chi connectivity index (χ3n) is 6.98. The number of aromatic nitrogens is 3. The Balaban J connectivity index is 1.65. The van der Waals surface area contributed by atoms with Crippen molar-refractivity contribution >= 4 is 40.1 Å². The van der Waals surface area contributed by atoms with Gasteiger partial charge in [-0.25, -0.2) is 19.6 Å². The van der Waals surface area contributed by atoms with Gasteiger partial charge in [0.05, 0.1) is 5.52 Å². The highest BCUT2D eigenvalue weighted by Gasteiger charge is 2.34. The average Bonchev–Trinajstić information content (AvgIpc) is 3.46. The highest BCUT2D eigenvalue weighted by Crippen LogP contribution is 2.39. The second kappa shape index (κ2) is 11.9. The van der Waals surface area contributed by atoms with E-state index in [4.69, 9.17) is 0 Å². The fourth-order valence-corrected chi connectivity index (χ4v) is 5.86. The summed E-state index contributed by atoms with van der Waals surface area (Å²) >= 11 is 0.774. The van der Waals surface area contributed by atoms with Crippen LogP contribution in [-0.2, 0) is 12.7 Å². The first-order valence-corrected chi connectivity index (χ1v) is 14.1. The first kappa shape index (κ1) is 29.2. The third kappa shape index (κ3) is 6.14. The highest BCUT2D eigenvalue weighted by atomic mass is 32.1. The second-order valence-electron chi connectivity index (χ2n) is 9.91. The van der Waals surface area contributed by atoms with Crippen LogP contribution in [-0.4, -0.2) is 51.3 Å². The lowest BCUT2D eigenvalue weighted by atomic mass is 9.97. The molecule has 0 bridgehead atoms. The number of benzene rings is 1. The summed E-state index contributed by atoms with van der Waals surface area (Å²) in [6, 6.07) is 5.79. The molecule has 14 heteroatoms. The van der Waals surface area contributed by atoms with Crippen molar-refractivity contribution in [3.8, 4) is 21.7 Å². The van der Waals surface area contributed by atoms with Gasteiger partial charge < -0.3 is 20.3 Å². The van der Waals surface area contributed by atoms with E-state index in [1.54, 1.807) is 23.6 Å². The van der Waals surface area contributed by atoms with E-state index < -0.39 is 29.3 Å². The maximum atomic E-state index is 13.4. The molecular weight excluding hydrogens is 573 g/mol. The zero-order valence-corrected chi connectivity index (χ0v) is 23.2. The molecule has 4 N–H and O–H groups in total. The van der Waals surface area contributed by atoms with Gasteiger partial charge in [0.2, 0.25) is 5.43 Å². The Morgan fingerprint density at radius 3 is 2.71 bits per heavy atom. The van der Waals surface area contributed by atoms with Gasteiger partial charge in [-0.3, -0.25) is 10.1 Å². The van der Waals surface area contributed by atoms with E-state index in [1.807, 2.05) is 0 Å². The predicted octanol–water partition coefficient (Wildman–Crippen LogP) is 5.05. The minimum Gasteiger partial charge on any atom is -0.477 e. The molecule has 0 aliphatic carbocycles. The minimum atomic E-state index is -4.65. The number of amides is 2. The van der Waals surface area contributed by atoms with E-state index in [-0.39, 0.29) is 33.3 Å². The summed E-state index contributed by atoms with van der Waals surface area (Å²) in [6.45, 7) is 4.28. The van der Waals surface area contributed by atoms with Crippen LogP contribution in [0.3, 0.4) is 0 Å². The molecule has 0 radical (unpaired) electrons. The van der Waals surface area contributed by atoms with Crippen molar-refractivity contribution in [2.24, 2.45) is 5.92 Å². The van der Waals surface area contributed by atoms with Crippen molar-refractivity contribution in [3.63, 3.8) is 0 Å². The molecule has 0 spiro atoms. The number of carboxylic acid groups (broad SMARTS) is 1. The summed E-state index contributed by atoms with van der Waals surface area (Å²) in [5.74, 6) is -1.02. The van der Waals surface area contributed by atoms with Crippen molar-refractivity contribution in [1.82, 2.24) is 25.2 Å². The first-order valence-electron chi connectivity index (χ1n) is 13.2. The van der Waals surface area contributed by atoms with Crippen molar-refractivity contribution < 1.29 is 27.9 Å². The molecule has 1 unspecified atom stereocenters. The normalized spacial score (nSPS) is 15.5. The number of nitrogens with zero attached hydrogens (tertiary/aromatic N) is 3. The number of alkyl halides is 3. The van der Waals surface area contributed by atoms with Crippen LogP contribution in [0, 0.1) is 5.92 Å². The van der Waals surface area contributed by atoms with Gasteiger partial charge in [0.15, 0.2) is 5.69 Å². The van der Waals surface area contributed by atoms with Crippen molar-refractivity contribution in [1.29, 1.82) is 0 Å². The number of carboxylic acids is 1. The van der Waals surface area contributed by atoms with Crippen LogP contribution in [0.4, 0.5) is 23.8 Å². The molecule has 1 aliphatic rings. The Morgan fingerprint density at radius 2 is 2.05 bits per heavy atom. The number of thiazole rings is 1. The van der Waals surface area contributed by atoms with E-state index in [0.29, 0.717) is 29.7 Å². The largest absolute Gasteiger partial charge is 0.477 e. The topological polar surface area (TPSA) is 138 Å². The van der Waals surface area contributed by atoms with Crippen LogP contribution in [0.1, 0.15) is 35.8 Å². The van der Waals surface area contributed by atoms with Gasteiger partial charge in [-0.1, -0.05) is 6.07 Å². The lowest BCUT2D eigenvalue weighted by Crippen LogP contribution is -2.32. The Kier molecular flexibility index (Phi) is 8.27. The summed E-state index contributed by atoms with van der Waals surface area (Å²) < 4.78 is 41.9. The number of carbonyl (C=O) groups excluding carboxylic acids is 1. The van der Waals surface area contributed by atoms with E-state index in [0.717, 1.165) is 42.6 Å². The summed E-state index contributed by atoms with van der Waals surface area (Å²) in [6.07, 6.45) is 0.0380. The van der Waals surface area contributed by atoms with Gasteiger partial charge in [0.1, 0.15) is 16.4 Å². The summed E-state index contributed by atoms with van der Waals surface area (Å²) in [4.78, 5) is 45.4. The SMILES string of the molecule is CCNC(=O)Nc1cc(-c2nc(C(F)(F)F)cs2)c(-c2ccc3c(c2)c(=O)c(C(=O)O)cn3CC2CCCNC2)cn1. The molecule has 1 saturated heterocycles. The molecule has 4 heterocycles. The molecule has 1 aromatic carbocycles. The number of fused-ring (bicyclic) bond motifs is 1. The zero-order chi connectivity index (χ0) is 30.0. The summed E-state index contributed by atoms with van der Waals surface area (Å²) in [5, 5.41) is 19.3. The first-order chi connectivity index (χ1) is 20.0. The van der Waals surface area contributed by atoms with Gasteiger partial charge in [-0.05, 0) is 62.5 Å². The monoisotopic (exact) mass is 600 g/mol. The molecule has 220 valence electrons.